The number of carbonyl (C=O) groups is 1. The van der Waals surface area contributed by atoms with E-state index in [1.807, 2.05) is 10.3 Å². The van der Waals surface area contributed by atoms with Crippen molar-refractivity contribution in [3.05, 3.63) is 70.4 Å². The minimum atomic E-state index is -0.370. The number of thiazole rings is 1. The van der Waals surface area contributed by atoms with Crippen molar-refractivity contribution in [2.45, 2.75) is 6.61 Å². The van der Waals surface area contributed by atoms with Crippen molar-refractivity contribution in [1.82, 2.24) is 4.98 Å². The minimum absolute atomic E-state index is 0.331. The number of morpholine rings is 1. The lowest BCUT2D eigenvalue weighted by Crippen LogP contribution is -2.36. The molecule has 0 unspecified atom stereocenters. The molecule has 1 N–H and O–H groups in total. The SMILES string of the molecule is O=C(Nc1ccc(N2CCOCC2)c(F)c1)c1cccc(OCc2cscn2)c1. The van der Waals surface area contributed by atoms with Crippen molar-refractivity contribution in [1.29, 1.82) is 0 Å². The number of hydrogen-bond donors (Lipinski definition) is 1. The van der Waals surface area contributed by atoms with E-state index in [0.29, 0.717) is 55.6 Å². The highest BCUT2D eigenvalue weighted by molar-refractivity contribution is 7.07. The molecule has 1 aliphatic rings. The van der Waals surface area contributed by atoms with Gasteiger partial charge in [-0.3, -0.25) is 4.79 Å². The van der Waals surface area contributed by atoms with E-state index in [-0.39, 0.29) is 11.7 Å². The van der Waals surface area contributed by atoms with E-state index in [1.165, 1.54) is 17.4 Å². The van der Waals surface area contributed by atoms with Crippen LogP contribution in [0.5, 0.6) is 5.75 Å². The summed E-state index contributed by atoms with van der Waals surface area (Å²) in [6.45, 7) is 2.80. The van der Waals surface area contributed by atoms with Crippen molar-refractivity contribution in [3.63, 3.8) is 0 Å². The summed E-state index contributed by atoms with van der Waals surface area (Å²) in [5.74, 6) is -0.132. The smallest absolute Gasteiger partial charge is 0.255 e. The lowest BCUT2D eigenvalue weighted by molar-refractivity contribution is 0.102. The van der Waals surface area contributed by atoms with Crippen LogP contribution in [-0.4, -0.2) is 37.2 Å². The number of benzene rings is 2. The quantitative estimate of drug-likeness (QED) is 0.663. The predicted molar refractivity (Wildman–Crippen MR) is 110 cm³/mol. The molecule has 1 aromatic heterocycles. The maximum atomic E-state index is 14.5. The molecule has 2 aromatic carbocycles. The molecular weight excluding hydrogens is 393 g/mol. The standard InChI is InChI=1S/C21H20FN3O3S/c22-19-11-16(4-5-20(19)25-6-8-27-9-7-25)24-21(26)15-2-1-3-18(10-15)28-12-17-13-29-14-23-17/h1-5,10-11,13-14H,6-9,12H2,(H,24,26). The first-order chi connectivity index (χ1) is 14.2. The van der Waals surface area contributed by atoms with Crippen molar-refractivity contribution >= 4 is 28.6 Å². The first-order valence-electron chi connectivity index (χ1n) is 9.22. The Hall–Kier alpha value is -2.97. The van der Waals surface area contributed by atoms with E-state index >= 15 is 0 Å². The molecule has 0 aliphatic carbocycles. The van der Waals surface area contributed by atoms with Gasteiger partial charge in [-0.05, 0) is 36.4 Å². The molecule has 1 aliphatic heterocycles. The monoisotopic (exact) mass is 413 g/mol. The highest BCUT2D eigenvalue weighted by Crippen LogP contribution is 2.24. The molecule has 150 valence electrons. The fourth-order valence-electron chi connectivity index (χ4n) is 3.04. The summed E-state index contributed by atoms with van der Waals surface area (Å²) >= 11 is 1.50. The molecule has 1 fully saturated rings. The van der Waals surface area contributed by atoms with Gasteiger partial charge in [0.05, 0.1) is 30.1 Å². The second-order valence-corrected chi connectivity index (χ2v) is 7.23. The topological polar surface area (TPSA) is 63.7 Å². The van der Waals surface area contributed by atoms with Crippen molar-refractivity contribution in [2.75, 3.05) is 36.5 Å². The molecule has 0 saturated carbocycles. The summed E-state index contributed by atoms with van der Waals surface area (Å²) in [4.78, 5) is 18.7. The molecule has 29 heavy (non-hydrogen) atoms. The molecule has 4 rings (SSSR count). The van der Waals surface area contributed by atoms with Crippen molar-refractivity contribution in [3.8, 4) is 5.75 Å². The second-order valence-electron chi connectivity index (χ2n) is 6.52. The number of halogens is 1. The maximum Gasteiger partial charge on any atom is 0.255 e. The molecule has 0 bridgehead atoms. The lowest BCUT2D eigenvalue weighted by atomic mass is 10.2. The third kappa shape index (κ3) is 4.90. The van der Waals surface area contributed by atoms with Gasteiger partial charge >= 0.3 is 0 Å². The number of ether oxygens (including phenoxy) is 2. The average molecular weight is 413 g/mol. The Morgan fingerprint density at radius 3 is 2.86 bits per heavy atom. The van der Waals surface area contributed by atoms with E-state index < -0.39 is 0 Å². The van der Waals surface area contributed by atoms with Gasteiger partial charge in [-0.25, -0.2) is 9.37 Å². The Bertz CT molecular complexity index is 975. The van der Waals surface area contributed by atoms with E-state index in [2.05, 4.69) is 10.3 Å². The summed E-state index contributed by atoms with van der Waals surface area (Å²) in [6, 6.07) is 11.6. The van der Waals surface area contributed by atoms with E-state index in [9.17, 15) is 9.18 Å². The number of hydrogen-bond acceptors (Lipinski definition) is 6. The Labute approximate surface area is 171 Å². The summed E-state index contributed by atoms with van der Waals surface area (Å²) < 4.78 is 25.5. The van der Waals surface area contributed by atoms with Crippen molar-refractivity contribution in [2.24, 2.45) is 0 Å². The van der Waals surface area contributed by atoms with Gasteiger partial charge in [0.1, 0.15) is 18.2 Å². The van der Waals surface area contributed by atoms with Crippen LogP contribution in [0.3, 0.4) is 0 Å². The Morgan fingerprint density at radius 1 is 1.24 bits per heavy atom. The van der Waals surface area contributed by atoms with Gasteiger partial charge < -0.3 is 19.7 Å². The summed E-state index contributed by atoms with van der Waals surface area (Å²) in [5.41, 5.74) is 3.92. The van der Waals surface area contributed by atoms with Crippen LogP contribution in [0.2, 0.25) is 0 Å². The highest BCUT2D eigenvalue weighted by Gasteiger charge is 2.16. The molecule has 3 aromatic rings. The van der Waals surface area contributed by atoms with Gasteiger partial charge in [0.25, 0.3) is 5.91 Å². The molecule has 0 spiro atoms. The molecule has 0 atom stereocenters. The van der Waals surface area contributed by atoms with Crippen LogP contribution in [0.25, 0.3) is 0 Å². The largest absolute Gasteiger partial charge is 0.487 e. The predicted octanol–water partition coefficient (Wildman–Crippen LogP) is 3.95. The van der Waals surface area contributed by atoms with Crippen LogP contribution in [0.1, 0.15) is 16.1 Å². The van der Waals surface area contributed by atoms with Gasteiger partial charge in [0.2, 0.25) is 0 Å². The fraction of sp³-hybridized carbons (Fsp3) is 0.238. The molecule has 0 radical (unpaired) electrons. The third-order valence-electron chi connectivity index (χ3n) is 4.52. The molecular formula is C21H20FN3O3S. The number of nitrogens with zero attached hydrogens (tertiary/aromatic N) is 2. The summed E-state index contributed by atoms with van der Waals surface area (Å²) in [7, 11) is 0. The number of aromatic nitrogens is 1. The number of carbonyl (C=O) groups excluding carboxylic acids is 1. The lowest BCUT2D eigenvalue weighted by Gasteiger charge is -2.29. The van der Waals surface area contributed by atoms with E-state index in [0.717, 1.165) is 5.69 Å². The zero-order chi connectivity index (χ0) is 20.1. The molecule has 1 saturated heterocycles. The van der Waals surface area contributed by atoms with Gasteiger partial charge in [-0.1, -0.05) is 6.07 Å². The number of rotatable bonds is 6. The van der Waals surface area contributed by atoms with E-state index in [1.54, 1.807) is 41.9 Å². The normalized spacial score (nSPS) is 13.9. The summed E-state index contributed by atoms with van der Waals surface area (Å²) in [6.07, 6.45) is 0. The minimum Gasteiger partial charge on any atom is -0.487 e. The Kier molecular flexibility index (Phi) is 6.02. The highest BCUT2D eigenvalue weighted by atomic mass is 32.1. The second kappa shape index (κ2) is 9.02. The zero-order valence-corrected chi connectivity index (χ0v) is 16.5. The third-order valence-corrected chi connectivity index (χ3v) is 5.16. The van der Waals surface area contributed by atoms with Crippen LogP contribution in [0.15, 0.2) is 53.4 Å². The van der Waals surface area contributed by atoms with E-state index in [4.69, 9.17) is 9.47 Å². The van der Waals surface area contributed by atoms with Crippen molar-refractivity contribution < 1.29 is 18.7 Å². The first-order valence-corrected chi connectivity index (χ1v) is 10.2. The van der Waals surface area contributed by atoms with Crippen LogP contribution in [0.4, 0.5) is 15.8 Å². The fourth-order valence-corrected chi connectivity index (χ4v) is 3.58. The first kappa shape index (κ1) is 19.4. The van der Waals surface area contributed by atoms with Gasteiger partial charge in [-0.2, -0.15) is 0 Å². The van der Waals surface area contributed by atoms with Gasteiger partial charge in [0.15, 0.2) is 0 Å². The number of anilines is 2. The maximum absolute atomic E-state index is 14.5. The number of nitrogens with one attached hydrogen (secondary N) is 1. The zero-order valence-electron chi connectivity index (χ0n) is 15.6. The molecule has 6 nitrogen and oxygen atoms in total. The molecule has 1 amide bonds. The summed E-state index contributed by atoms with van der Waals surface area (Å²) in [5, 5.41) is 4.65. The average Bonchev–Trinajstić information content (AvgIpc) is 3.27. The number of amides is 1. The van der Waals surface area contributed by atoms with Gasteiger partial charge in [0, 0.05) is 29.7 Å². The van der Waals surface area contributed by atoms with Crippen LogP contribution in [-0.2, 0) is 11.3 Å². The molecule has 2 heterocycles. The van der Waals surface area contributed by atoms with Crippen LogP contribution >= 0.6 is 11.3 Å². The van der Waals surface area contributed by atoms with Crippen LogP contribution in [0, 0.1) is 5.82 Å². The Balaban J connectivity index is 1.41. The van der Waals surface area contributed by atoms with Crippen LogP contribution < -0.4 is 15.0 Å². The van der Waals surface area contributed by atoms with Gasteiger partial charge in [-0.15, -0.1) is 11.3 Å². The Morgan fingerprint density at radius 2 is 2.10 bits per heavy atom. The molecule has 8 heteroatoms.